The van der Waals surface area contributed by atoms with Gasteiger partial charge in [0.1, 0.15) is 6.10 Å². The highest BCUT2D eigenvalue weighted by Crippen LogP contribution is 2.16. The summed E-state index contributed by atoms with van der Waals surface area (Å²) >= 11 is 0. The minimum Gasteiger partial charge on any atom is -0.376 e. The van der Waals surface area contributed by atoms with Crippen LogP contribution >= 0.6 is 0 Å². The number of rotatable bonds is 6. The summed E-state index contributed by atoms with van der Waals surface area (Å²) in [6, 6.07) is 1.85. The first kappa shape index (κ1) is 16.0. The third kappa shape index (κ3) is 4.82. The Morgan fingerprint density at radius 1 is 1.52 bits per heavy atom. The average molecular weight is 295 g/mol. The molecule has 0 saturated carbocycles. The van der Waals surface area contributed by atoms with Crippen molar-refractivity contribution in [2.45, 2.75) is 58.2 Å². The molecule has 2 heterocycles. The third-order valence-corrected chi connectivity index (χ3v) is 3.65. The molecule has 0 bridgehead atoms. The van der Waals surface area contributed by atoms with Crippen molar-refractivity contribution >= 4 is 11.7 Å². The number of nitrogens with zero attached hydrogens (tertiary/aromatic N) is 1. The van der Waals surface area contributed by atoms with E-state index in [2.05, 4.69) is 29.4 Å². The van der Waals surface area contributed by atoms with Crippen LogP contribution < -0.4 is 5.32 Å². The molecule has 1 aromatic rings. The van der Waals surface area contributed by atoms with Gasteiger partial charge in [-0.15, -0.1) is 0 Å². The molecular weight excluding hydrogens is 270 g/mol. The predicted molar refractivity (Wildman–Crippen MR) is 80.3 cm³/mol. The molecule has 1 aromatic heterocycles. The zero-order valence-corrected chi connectivity index (χ0v) is 13.0. The zero-order valence-electron chi connectivity index (χ0n) is 13.0. The molecular formula is C15H25N3O3. The van der Waals surface area contributed by atoms with Gasteiger partial charge in [-0.3, -0.25) is 9.89 Å². The maximum atomic E-state index is 12.0. The monoisotopic (exact) mass is 295 g/mol. The molecule has 0 radical (unpaired) electrons. The lowest BCUT2D eigenvalue weighted by atomic mass is 10.1. The summed E-state index contributed by atoms with van der Waals surface area (Å²) in [4.78, 5) is 12.0. The number of aromatic amines is 1. The second-order valence-electron chi connectivity index (χ2n) is 5.82. The Bertz CT molecular complexity index is 453. The summed E-state index contributed by atoms with van der Waals surface area (Å²) in [6.45, 7) is 7.13. The quantitative estimate of drug-likeness (QED) is 0.845. The number of nitrogens with one attached hydrogen (secondary N) is 2. The fraction of sp³-hybridized carbons (Fsp3) is 0.733. The van der Waals surface area contributed by atoms with E-state index in [1.807, 2.05) is 6.07 Å². The molecule has 21 heavy (non-hydrogen) atoms. The maximum Gasteiger partial charge on any atom is 0.254 e. The van der Waals surface area contributed by atoms with Gasteiger partial charge in [0.2, 0.25) is 0 Å². The molecule has 0 aromatic carbocycles. The Morgan fingerprint density at radius 2 is 2.33 bits per heavy atom. The molecule has 2 atom stereocenters. The number of aromatic nitrogens is 2. The van der Waals surface area contributed by atoms with E-state index in [0.717, 1.165) is 25.1 Å². The molecule has 0 unspecified atom stereocenters. The van der Waals surface area contributed by atoms with Crippen molar-refractivity contribution in [2.75, 3.05) is 18.5 Å². The van der Waals surface area contributed by atoms with E-state index in [0.29, 0.717) is 18.3 Å². The van der Waals surface area contributed by atoms with Crippen molar-refractivity contribution in [2.24, 2.45) is 0 Å². The fourth-order valence-corrected chi connectivity index (χ4v) is 2.19. The number of carbonyl (C=O) groups excluding carboxylic acids is 1. The molecule has 6 nitrogen and oxygen atoms in total. The zero-order chi connectivity index (χ0) is 15.2. The maximum absolute atomic E-state index is 12.0. The molecule has 6 heteroatoms. The SMILES string of the molecule is CC(C)c1cc(NC(=O)[C@@H](C)OC[C@@H]2CCCCO2)n[nH]1. The highest BCUT2D eigenvalue weighted by Gasteiger charge is 2.19. The van der Waals surface area contributed by atoms with Crippen molar-refractivity contribution in [3.63, 3.8) is 0 Å². The van der Waals surface area contributed by atoms with Crippen LogP contribution in [-0.2, 0) is 14.3 Å². The molecule has 1 saturated heterocycles. The van der Waals surface area contributed by atoms with E-state index in [1.54, 1.807) is 6.92 Å². The van der Waals surface area contributed by atoms with Crippen molar-refractivity contribution < 1.29 is 14.3 Å². The summed E-state index contributed by atoms with van der Waals surface area (Å²) in [6.07, 6.45) is 2.89. The first-order chi connectivity index (χ1) is 10.1. The largest absolute Gasteiger partial charge is 0.376 e. The Kier molecular flexibility index (Phi) is 5.76. The number of carbonyl (C=O) groups is 1. The number of anilines is 1. The lowest BCUT2D eigenvalue weighted by Crippen LogP contribution is -2.32. The highest BCUT2D eigenvalue weighted by atomic mass is 16.5. The first-order valence-electron chi connectivity index (χ1n) is 7.65. The number of hydrogen-bond acceptors (Lipinski definition) is 4. The number of ether oxygens (including phenoxy) is 2. The summed E-state index contributed by atoms with van der Waals surface area (Å²) in [5, 5.41) is 9.74. The van der Waals surface area contributed by atoms with Gasteiger partial charge in [-0.25, -0.2) is 0 Å². The van der Waals surface area contributed by atoms with Gasteiger partial charge in [0.25, 0.3) is 5.91 Å². The van der Waals surface area contributed by atoms with Gasteiger partial charge in [0.15, 0.2) is 5.82 Å². The second kappa shape index (κ2) is 7.56. The topological polar surface area (TPSA) is 76.2 Å². The van der Waals surface area contributed by atoms with Crippen LogP contribution in [0.25, 0.3) is 0 Å². The molecule has 118 valence electrons. The van der Waals surface area contributed by atoms with E-state index in [9.17, 15) is 4.79 Å². The van der Waals surface area contributed by atoms with Crippen molar-refractivity contribution in [1.29, 1.82) is 0 Å². The lowest BCUT2D eigenvalue weighted by Gasteiger charge is -2.23. The summed E-state index contributed by atoms with van der Waals surface area (Å²) in [5.41, 5.74) is 0.995. The van der Waals surface area contributed by atoms with Crippen molar-refractivity contribution in [1.82, 2.24) is 10.2 Å². The van der Waals surface area contributed by atoms with Crippen LogP contribution in [0.1, 0.15) is 51.6 Å². The number of hydrogen-bond donors (Lipinski definition) is 2. The molecule has 1 fully saturated rings. The molecule has 1 amide bonds. The van der Waals surface area contributed by atoms with Crippen LogP contribution in [0, 0.1) is 0 Å². The number of amides is 1. The summed E-state index contributed by atoms with van der Waals surface area (Å²) in [7, 11) is 0. The summed E-state index contributed by atoms with van der Waals surface area (Å²) < 4.78 is 11.2. The van der Waals surface area contributed by atoms with Gasteiger partial charge in [-0.05, 0) is 32.1 Å². The average Bonchev–Trinajstić information content (AvgIpc) is 2.94. The van der Waals surface area contributed by atoms with Crippen LogP contribution in [0.5, 0.6) is 0 Å². The van der Waals surface area contributed by atoms with Crippen molar-refractivity contribution in [3.8, 4) is 0 Å². The molecule has 1 aliphatic heterocycles. The molecule has 2 rings (SSSR count). The van der Waals surface area contributed by atoms with E-state index < -0.39 is 6.10 Å². The molecule has 0 aliphatic carbocycles. The van der Waals surface area contributed by atoms with Gasteiger partial charge in [0, 0.05) is 18.4 Å². The van der Waals surface area contributed by atoms with Crippen LogP contribution in [-0.4, -0.2) is 41.5 Å². The summed E-state index contributed by atoms with van der Waals surface area (Å²) in [5.74, 6) is 0.695. The van der Waals surface area contributed by atoms with Gasteiger partial charge in [0.05, 0.1) is 12.7 Å². The molecule has 0 spiro atoms. The van der Waals surface area contributed by atoms with Crippen LogP contribution in [0.2, 0.25) is 0 Å². The Morgan fingerprint density at radius 3 is 2.95 bits per heavy atom. The normalized spacial score (nSPS) is 20.5. The fourth-order valence-electron chi connectivity index (χ4n) is 2.19. The Balaban J connectivity index is 1.75. The minimum absolute atomic E-state index is 0.118. The third-order valence-electron chi connectivity index (χ3n) is 3.65. The van der Waals surface area contributed by atoms with E-state index in [1.165, 1.54) is 6.42 Å². The minimum atomic E-state index is -0.519. The second-order valence-corrected chi connectivity index (χ2v) is 5.82. The van der Waals surface area contributed by atoms with Crippen LogP contribution in [0.4, 0.5) is 5.82 Å². The van der Waals surface area contributed by atoms with E-state index in [-0.39, 0.29) is 12.0 Å². The first-order valence-corrected chi connectivity index (χ1v) is 7.65. The Hall–Kier alpha value is -1.40. The van der Waals surface area contributed by atoms with Crippen LogP contribution in [0.15, 0.2) is 6.07 Å². The smallest absolute Gasteiger partial charge is 0.254 e. The van der Waals surface area contributed by atoms with Gasteiger partial charge >= 0.3 is 0 Å². The van der Waals surface area contributed by atoms with Crippen molar-refractivity contribution in [3.05, 3.63) is 11.8 Å². The van der Waals surface area contributed by atoms with E-state index >= 15 is 0 Å². The molecule has 2 N–H and O–H groups in total. The van der Waals surface area contributed by atoms with Crippen LogP contribution in [0.3, 0.4) is 0 Å². The molecule has 1 aliphatic rings. The Labute approximate surface area is 125 Å². The highest BCUT2D eigenvalue weighted by molar-refractivity contribution is 5.93. The standard InChI is InChI=1S/C15H25N3O3/c1-10(2)13-8-14(18-17-13)16-15(19)11(3)21-9-12-6-4-5-7-20-12/h8,10-12H,4-7,9H2,1-3H3,(H2,16,17,18,19)/t11-,12+/m1/s1. The predicted octanol–water partition coefficient (Wildman–Crippen LogP) is 2.45. The van der Waals surface area contributed by atoms with Gasteiger partial charge in [-0.1, -0.05) is 13.8 Å². The van der Waals surface area contributed by atoms with Gasteiger partial charge < -0.3 is 14.8 Å². The van der Waals surface area contributed by atoms with E-state index in [4.69, 9.17) is 9.47 Å². The van der Waals surface area contributed by atoms with Gasteiger partial charge in [-0.2, -0.15) is 5.10 Å². The number of H-pyrrole nitrogens is 1. The lowest BCUT2D eigenvalue weighted by molar-refractivity contribution is -0.130.